The number of hydrogen-bond acceptors (Lipinski definition) is 6. The van der Waals surface area contributed by atoms with Gasteiger partial charge in [-0.3, -0.25) is 4.79 Å². The van der Waals surface area contributed by atoms with Crippen molar-refractivity contribution in [3.8, 4) is 5.95 Å². The van der Waals surface area contributed by atoms with Crippen molar-refractivity contribution >= 4 is 22.9 Å². The third kappa shape index (κ3) is 2.73. The number of hydrogen-bond donors (Lipinski definition) is 1. The van der Waals surface area contributed by atoms with Gasteiger partial charge < -0.3 is 5.32 Å². The van der Waals surface area contributed by atoms with Crippen LogP contribution in [0.25, 0.3) is 5.95 Å². The van der Waals surface area contributed by atoms with Crippen molar-refractivity contribution in [2.45, 2.75) is 20.8 Å². The van der Waals surface area contributed by atoms with Crippen LogP contribution in [0.1, 0.15) is 26.8 Å². The van der Waals surface area contributed by atoms with Gasteiger partial charge in [-0.1, -0.05) is 0 Å². The number of amides is 1. The van der Waals surface area contributed by atoms with Gasteiger partial charge in [0.25, 0.3) is 11.9 Å². The number of rotatable bonds is 3. The maximum Gasteiger partial charge on any atom is 0.267 e. The van der Waals surface area contributed by atoms with Crippen molar-refractivity contribution in [1.29, 1.82) is 0 Å². The molecule has 22 heavy (non-hydrogen) atoms. The Hall–Kier alpha value is -2.61. The van der Waals surface area contributed by atoms with Crippen LogP contribution in [0.2, 0.25) is 0 Å². The lowest BCUT2D eigenvalue weighted by molar-refractivity contribution is 0.102. The molecule has 0 fully saturated rings. The second-order valence-electron chi connectivity index (χ2n) is 4.83. The van der Waals surface area contributed by atoms with Crippen LogP contribution in [0.4, 0.5) is 5.69 Å². The molecule has 0 bridgehead atoms. The summed E-state index contributed by atoms with van der Waals surface area (Å²) in [6.07, 6.45) is 3.13. The molecule has 3 heterocycles. The molecule has 0 atom stereocenters. The van der Waals surface area contributed by atoms with Crippen LogP contribution >= 0.6 is 11.3 Å². The topological polar surface area (TPSA) is 85.6 Å². The van der Waals surface area contributed by atoms with Crippen molar-refractivity contribution < 1.29 is 4.79 Å². The summed E-state index contributed by atoms with van der Waals surface area (Å²) < 4.78 is 1.66. The van der Waals surface area contributed by atoms with E-state index >= 15 is 0 Å². The van der Waals surface area contributed by atoms with Gasteiger partial charge in [0.05, 0.1) is 35.0 Å². The summed E-state index contributed by atoms with van der Waals surface area (Å²) in [5.41, 5.74) is 4.74. The second kappa shape index (κ2) is 5.64. The van der Waals surface area contributed by atoms with Gasteiger partial charge in [0, 0.05) is 5.69 Å². The van der Waals surface area contributed by atoms with E-state index in [9.17, 15) is 4.79 Å². The van der Waals surface area contributed by atoms with Crippen molar-refractivity contribution in [2.75, 3.05) is 5.32 Å². The Balaban J connectivity index is 1.79. The van der Waals surface area contributed by atoms with Crippen LogP contribution in [0.5, 0.6) is 0 Å². The standard InChI is InChI=1S/C14H14N6OS/c1-8-4-9(2)20(19-8)14-15-5-11(6-16-14)18-13(21)12-10(3)17-7-22-12/h4-7H,1-3H3,(H,18,21). The lowest BCUT2D eigenvalue weighted by Gasteiger charge is -2.05. The van der Waals surface area contributed by atoms with Gasteiger partial charge >= 0.3 is 0 Å². The molecular weight excluding hydrogens is 300 g/mol. The molecule has 0 aliphatic carbocycles. The number of thiazole rings is 1. The Morgan fingerprint density at radius 1 is 1.18 bits per heavy atom. The van der Waals surface area contributed by atoms with E-state index in [0.29, 0.717) is 22.2 Å². The van der Waals surface area contributed by atoms with Crippen LogP contribution < -0.4 is 5.32 Å². The molecule has 3 rings (SSSR count). The quantitative estimate of drug-likeness (QED) is 0.801. The fraction of sp³-hybridized carbons (Fsp3) is 0.214. The van der Waals surface area contributed by atoms with E-state index in [4.69, 9.17) is 0 Å². The zero-order valence-corrected chi connectivity index (χ0v) is 13.2. The molecule has 1 N–H and O–H groups in total. The summed E-state index contributed by atoms with van der Waals surface area (Å²) in [5.74, 6) is 0.264. The van der Waals surface area contributed by atoms with E-state index in [1.54, 1.807) is 29.5 Å². The molecule has 0 saturated carbocycles. The predicted octanol–water partition coefficient (Wildman–Crippen LogP) is 2.30. The van der Waals surface area contributed by atoms with Crippen LogP contribution in [0.15, 0.2) is 24.0 Å². The summed E-state index contributed by atoms with van der Waals surface area (Å²) >= 11 is 1.30. The summed E-state index contributed by atoms with van der Waals surface area (Å²) in [6.45, 7) is 5.65. The van der Waals surface area contributed by atoms with Crippen LogP contribution in [-0.2, 0) is 0 Å². The van der Waals surface area contributed by atoms with Crippen molar-refractivity contribution in [1.82, 2.24) is 24.7 Å². The molecule has 0 radical (unpaired) electrons. The number of nitrogens with one attached hydrogen (secondary N) is 1. The highest BCUT2D eigenvalue weighted by Crippen LogP contribution is 2.15. The summed E-state index contributed by atoms with van der Waals surface area (Å²) in [6, 6.07) is 1.95. The Kier molecular flexibility index (Phi) is 3.68. The summed E-state index contributed by atoms with van der Waals surface area (Å²) in [7, 11) is 0. The Morgan fingerprint density at radius 2 is 1.91 bits per heavy atom. The molecule has 0 aromatic carbocycles. The molecule has 3 aromatic heterocycles. The molecule has 3 aromatic rings. The number of nitrogens with zero attached hydrogens (tertiary/aromatic N) is 5. The molecule has 8 heteroatoms. The first-order valence-electron chi connectivity index (χ1n) is 6.61. The second-order valence-corrected chi connectivity index (χ2v) is 5.69. The Morgan fingerprint density at radius 3 is 2.45 bits per heavy atom. The van der Waals surface area contributed by atoms with E-state index in [1.807, 2.05) is 19.9 Å². The molecule has 0 aliphatic rings. The van der Waals surface area contributed by atoms with Crippen LogP contribution in [0.3, 0.4) is 0 Å². The first kappa shape index (κ1) is 14.3. The smallest absolute Gasteiger partial charge is 0.267 e. The number of carbonyl (C=O) groups is 1. The van der Waals surface area contributed by atoms with Crippen molar-refractivity contribution in [3.63, 3.8) is 0 Å². The summed E-state index contributed by atoms with van der Waals surface area (Å²) in [5, 5.41) is 7.08. The summed E-state index contributed by atoms with van der Waals surface area (Å²) in [4.78, 5) is 25.2. The number of anilines is 1. The van der Waals surface area contributed by atoms with E-state index in [1.165, 1.54) is 11.3 Å². The third-order valence-corrected chi connectivity index (χ3v) is 3.97. The highest BCUT2D eigenvalue weighted by atomic mass is 32.1. The molecule has 0 unspecified atom stereocenters. The van der Waals surface area contributed by atoms with E-state index < -0.39 is 0 Å². The molecule has 7 nitrogen and oxygen atoms in total. The van der Waals surface area contributed by atoms with Crippen LogP contribution in [-0.4, -0.2) is 30.6 Å². The number of aromatic nitrogens is 5. The normalized spacial score (nSPS) is 10.7. The van der Waals surface area contributed by atoms with Gasteiger partial charge in [0.15, 0.2) is 0 Å². The van der Waals surface area contributed by atoms with E-state index in [2.05, 4.69) is 25.4 Å². The van der Waals surface area contributed by atoms with Crippen LogP contribution in [0, 0.1) is 20.8 Å². The van der Waals surface area contributed by atoms with E-state index in [0.717, 1.165) is 11.4 Å². The van der Waals surface area contributed by atoms with Gasteiger partial charge in [-0.15, -0.1) is 11.3 Å². The minimum absolute atomic E-state index is 0.206. The number of carbonyl (C=O) groups excluding carboxylic acids is 1. The van der Waals surface area contributed by atoms with Gasteiger partial charge in [0.1, 0.15) is 4.88 Å². The van der Waals surface area contributed by atoms with Crippen molar-refractivity contribution in [2.24, 2.45) is 0 Å². The Bertz CT molecular complexity index is 820. The maximum absolute atomic E-state index is 12.1. The fourth-order valence-electron chi connectivity index (χ4n) is 2.03. The molecule has 0 saturated heterocycles. The molecular formula is C14H14N6OS. The zero-order valence-electron chi connectivity index (χ0n) is 12.4. The lowest BCUT2D eigenvalue weighted by atomic mass is 10.3. The minimum atomic E-state index is -0.206. The molecule has 0 spiro atoms. The SMILES string of the molecule is Cc1cc(C)n(-c2ncc(NC(=O)c3scnc3C)cn2)n1. The van der Waals surface area contributed by atoms with Gasteiger partial charge in [-0.25, -0.2) is 19.6 Å². The molecule has 1 amide bonds. The highest BCUT2D eigenvalue weighted by Gasteiger charge is 2.13. The first-order valence-corrected chi connectivity index (χ1v) is 7.49. The maximum atomic E-state index is 12.1. The average Bonchev–Trinajstić information content (AvgIpc) is 3.05. The van der Waals surface area contributed by atoms with Gasteiger partial charge in [0.2, 0.25) is 0 Å². The van der Waals surface area contributed by atoms with Gasteiger partial charge in [-0.05, 0) is 26.8 Å². The third-order valence-electron chi connectivity index (χ3n) is 3.05. The first-order chi connectivity index (χ1) is 10.5. The molecule has 0 aliphatic heterocycles. The average molecular weight is 314 g/mol. The predicted molar refractivity (Wildman–Crippen MR) is 83.4 cm³/mol. The zero-order chi connectivity index (χ0) is 15.7. The monoisotopic (exact) mass is 314 g/mol. The fourth-order valence-corrected chi connectivity index (χ4v) is 2.73. The Labute approximate surface area is 131 Å². The highest BCUT2D eigenvalue weighted by molar-refractivity contribution is 7.12. The van der Waals surface area contributed by atoms with Crippen molar-refractivity contribution in [3.05, 3.63) is 45.9 Å². The minimum Gasteiger partial charge on any atom is -0.319 e. The largest absolute Gasteiger partial charge is 0.319 e. The van der Waals surface area contributed by atoms with Gasteiger partial charge in [-0.2, -0.15) is 5.10 Å². The molecule has 112 valence electrons. The van der Waals surface area contributed by atoms with E-state index in [-0.39, 0.29) is 5.91 Å². The lowest BCUT2D eigenvalue weighted by Crippen LogP contribution is -2.13. The number of aryl methyl sites for hydroxylation is 3.